The monoisotopic (exact) mass is 408 g/mol. The fourth-order valence-electron chi connectivity index (χ4n) is 3.22. The van der Waals surface area contributed by atoms with Gasteiger partial charge < -0.3 is 10.1 Å². The average molecular weight is 409 g/mol. The highest BCUT2D eigenvalue weighted by atomic mass is 35.5. The van der Waals surface area contributed by atoms with Gasteiger partial charge in [-0.15, -0.1) is 0 Å². The summed E-state index contributed by atoms with van der Waals surface area (Å²) in [5.74, 6) is 0.465. The summed E-state index contributed by atoms with van der Waals surface area (Å²) in [6, 6.07) is 22.4. The Morgan fingerprint density at radius 1 is 0.966 bits per heavy atom. The van der Waals surface area contributed by atoms with Crippen molar-refractivity contribution in [2.75, 3.05) is 12.4 Å². The van der Waals surface area contributed by atoms with Gasteiger partial charge in [-0.25, -0.2) is 0 Å². The Morgan fingerprint density at radius 3 is 2.38 bits per heavy atom. The topological polar surface area (TPSA) is 50.4 Å². The molecular formula is C24H25ClN2O2. The highest BCUT2D eigenvalue weighted by molar-refractivity contribution is 6.30. The summed E-state index contributed by atoms with van der Waals surface area (Å²) < 4.78 is 5.40. The molecule has 0 radical (unpaired) electrons. The lowest BCUT2D eigenvalue weighted by atomic mass is 10.0. The number of anilines is 1. The van der Waals surface area contributed by atoms with Gasteiger partial charge in [0.2, 0.25) is 5.91 Å². The Bertz CT molecular complexity index is 976. The summed E-state index contributed by atoms with van der Waals surface area (Å²) in [4.78, 5) is 13.3. The van der Waals surface area contributed by atoms with Gasteiger partial charge in [-0.3, -0.25) is 10.1 Å². The van der Waals surface area contributed by atoms with Crippen LogP contribution in [0.15, 0.2) is 72.8 Å². The van der Waals surface area contributed by atoms with E-state index in [9.17, 15) is 4.79 Å². The molecule has 0 saturated heterocycles. The second-order valence-corrected chi connectivity index (χ2v) is 7.42. The molecule has 0 aliphatic rings. The van der Waals surface area contributed by atoms with Crippen molar-refractivity contribution in [3.8, 4) is 5.75 Å². The number of benzene rings is 3. The summed E-state index contributed by atoms with van der Waals surface area (Å²) >= 11 is 6.14. The van der Waals surface area contributed by atoms with Gasteiger partial charge in [-0.05, 0) is 54.8 Å². The molecular weight excluding hydrogens is 384 g/mol. The van der Waals surface area contributed by atoms with E-state index in [0.29, 0.717) is 16.5 Å². The fraction of sp³-hybridized carbons (Fsp3) is 0.208. The van der Waals surface area contributed by atoms with E-state index in [1.807, 2.05) is 86.6 Å². The molecule has 3 aromatic rings. The highest BCUT2D eigenvalue weighted by Crippen LogP contribution is 2.28. The predicted octanol–water partition coefficient (Wildman–Crippen LogP) is 5.69. The molecule has 1 amide bonds. The number of rotatable bonds is 7. The number of halogens is 1. The molecule has 0 aliphatic heterocycles. The summed E-state index contributed by atoms with van der Waals surface area (Å²) in [5.41, 5.74) is 3.58. The fourth-order valence-corrected chi connectivity index (χ4v) is 3.41. The molecule has 4 nitrogen and oxygen atoms in total. The average Bonchev–Trinajstić information content (AvgIpc) is 2.72. The van der Waals surface area contributed by atoms with Gasteiger partial charge in [0.1, 0.15) is 11.8 Å². The van der Waals surface area contributed by atoms with E-state index in [4.69, 9.17) is 16.3 Å². The molecule has 0 aliphatic carbocycles. The highest BCUT2D eigenvalue weighted by Gasteiger charge is 2.24. The van der Waals surface area contributed by atoms with E-state index in [1.165, 1.54) is 0 Å². The summed E-state index contributed by atoms with van der Waals surface area (Å²) in [7, 11) is 1.59. The third kappa shape index (κ3) is 5.37. The molecule has 150 valence electrons. The van der Waals surface area contributed by atoms with Gasteiger partial charge in [-0.1, -0.05) is 60.1 Å². The summed E-state index contributed by atoms with van der Waals surface area (Å²) in [5, 5.41) is 7.12. The Labute approximate surface area is 176 Å². The van der Waals surface area contributed by atoms with E-state index >= 15 is 0 Å². The third-order valence-corrected chi connectivity index (χ3v) is 5.01. The first-order valence-corrected chi connectivity index (χ1v) is 9.87. The molecule has 0 saturated carbocycles. The first-order chi connectivity index (χ1) is 14.0. The SMILES string of the molecule is COc1ccc(C)cc1NC(=O)C(NC(C)c1cccc(Cl)c1)c1ccccc1. The Hall–Kier alpha value is -2.82. The quantitative estimate of drug-likeness (QED) is 0.528. The van der Waals surface area contributed by atoms with Crippen LogP contribution in [-0.4, -0.2) is 13.0 Å². The van der Waals surface area contributed by atoms with Crippen molar-refractivity contribution in [2.45, 2.75) is 25.9 Å². The number of carbonyl (C=O) groups excluding carboxylic acids is 1. The normalized spacial score (nSPS) is 12.8. The number of hydrogen-bond acceptors (Lipinski definition) is 3. The second-order valence-electron chi connectivity index (χ2n) is 6.98. The molecule has 5 heteroatoms. The molecule has 2 N–H and O–H groups in total. The zero-order valence-corrected chi connectivity index (χ0v) is 17.5. The number of aryl methyl sites for hydroxylation is 1. The largest absolute Gasteiger partial charge is 0.495 e. The molecule has 0 heterocycles. The lowest BCUT2D eigenvalue weighted by Crippen LogP contribution is -2.34. The van der Waals surface area contributed by atoms with Crippen LogP contribution in [0.1, 0.15) is 35.7 Å². The van der Waals surface area contributed by atoms with Gasteiger partial charge in [-0.2, -0.15) is 0 Å². The molecule has 0 fully saturated rings. The van der Waals surface area contributed by atoms with E-state index in [2.05, 4.69) is 10.6 Å². The van der Waals surface area contributed by atoms with E-state index in [-0.39, 0.29) is 11.9 Å². The van der Waals surface area contributed by atoms with Gasteiger partial charge in [0.25, 0.3) is 0 Å². The number of methoxy groups -OCH3 is 1. The zero-order chi connectivity index (χ0) is 20.8. The van der Waals surface area contributed by atoms with Crippen molar-refractivity contribution >= 4 is 23.2 Å². The van der Waals surface area contributed by atoms with Crippen LogP contribution in [0, 0.1) is 6.92 Å². The Balaban J connectivity index is 1.88. The van der Waals surface area contributed by atoms with Gasteiger partial charge >= 0.3 is 0 Å². The van der Waals surface area contributed by atoms with Crippen molar-refractivity contribution in [1.82, 2.24) is 5.32 Å². The van der Waals surface area contributed by atoms with Crippen LogP contribution >= 0.6 is 11.6 Å². The predicted molar refractivity (Wildman–Crippen MR) is 119 cm³/mol. The minimum absolute atomic E-state index is 0.0796. The summed E-state index contributed by atoms with van der Waals surface area (Å²) in [6.07, 6.45) is 0. The standard InChI is InChI=1S/C24H25ClN2O2/c1-16-12-13-22(29-3)21(14-16)27-24(28)23(18-8-5-4-6-9-18)26-17(2)19-10-7-11-20(25)15-19/h4-15,17,23,26H,1-3H3,(H,27,28). The van der Waals surface area contributed by atoms with Gasteiger partial charge in [0.15, 0.2) is 0 Å². The number of nitrogens with one attached hydrogen (secondary N) is 2. The van der Waals surface area contributed by atoms with Crippen LogP contribution in [0.4, 0.5) is 5.69 Å². The molecule has 3 rings (SSSR count). The molecule has 3 aromatic carbocycles. The van der Waals surface area contributed by atoms with Crippen molar-refractivity contribution in [3.63, 3.8) is 0 Å². The maximum Gasteiger partial charge on any atom is 0.246 e. The van der Waals surface area contributed by atoms with Crippen LogP contribution < -0.4 is 15.4 Å². The van der Waals surface area contributed by atoms with Crippen molar-refractivity contribution < 1.29 is 9.53 Å². The molecule has 29 heavy (non-hydrogen) atoms. The minimum Gasteiger partial charge on any atom is -0.495 e. The van der Waals surface area contributed by atoms with Crippen LogP contribution in [0.3, 0.4) is 0 Å². The first kappa shape index (κ1) is 20.9. The van der Waals surface area contributed by atoms with E-state index in [0.717, 1.165) is 16.7 Å². The summed E-state index contributed by atoms with van der Waals surface area (Å²) in [6.45, 7) is 3.99. The molecule has 0 bridgehead atoms. The van der Waals surface area contributed by atoms with Crippen LogP contribution in [-0.2, 0) is 4.79 Å². The smallest absolute Gasteiger partial charge is 0.246 e. The lowest BCUT2D eigenvalue weighted by Gasteiger charge is -2.24. The second kappa shape index (κ2) is 9.59. The maximum atomic E-state index is 13.3. The van der Waals surface area contributed by atoms with Crippen molar-refractivity contribution in [1.29, 1.82) is 0 Å². The number of ether oxygens (including phenoxy) is 1. The maximum absolute atomic E-state index is 13.3. The Kier molecular flexibility index (Phi) is 6.91. The first-order valence-electron chi connectivity index (χ1n) is 9.50. The zero-order valence-electron chi connectivity index (χ0n) is 16.8. The lowest BCUT2D eigenvalue weighted by molar-refractivity contribution is -0.118. The van der Waals surface area contributed by atoms with E-state index < -0.39 is 6.04 Å². The number of amides is 1. The molecule has 0 spiro atoms. The van der Waals surface area contributed by atoms with Gasteiger partial charge in [0.05, 0.1) is 12.8 Å². The van der Waals surface area contributed by atoms with Crippen LogP contribution in [0.25, 0.3) is 0 Å². The van der Waals surface area contributed by atoms with Crippen molar-refractivity contribution in [2.24, 2.45) is 0 Å². The van der Waals surface area contributed by atoms with E-state index in [1.54, 1.807) is 7.11 Å². The minimum atomic E-state index is -0.546. The van der Waals surface area contributed by atoms with Crippen LogP contribution in [0.5, 0.6) is 5.75 Å². The molecule has 2 unspecified atom stereocenters. The molecule has 2 atom stereocenters. The third-order valence-electron chi connectivity index (χ3n) is 4.77. The number of carbonyl (C=O) groups is 1. The van der Waals surface area contributed by atoms with Crippen LogP contribution in [0.2, 0.25) is 5.02 Å². The van der Waals surface area contributed by atoms with Crippen molar-refractivity contribution in [3.05, 3.63) is 94.5 Å². The Morgan fingerprint density at radius 2 is 1.69 bits per heavy atom. The molecule has 0 aromatic heterocycles. The number of hydrogen-bond donors (Lipinski definition) is 2. The van der Waals surface area contributed by atoms with Gasteiger partial charge in [0, 0.05) is 11.1 Å².